The van der Waals surface area contributed by atoms with Crippen LogP contribution >= 0.6 is 12.6 Å². The summed E-state index contributed by atoms with van der Waals surface area (Å²) in [6.45, 7) is 0. The number of benzene rings is 1. The SMILES string of the molecule is COC(=O)c1cc(S)cc(C(=O)OC)c1. The number of hydrogen-bond acceptors (Lipinski definition) is 5. The Hall–Kier alpha value is -1.49. The molecule has 0 heterocycles. The highest BCUT2D eigenvalue weighted by molar-refractivity contribution is 7.80. The summed E-state index contributed by atoms with van der Waals surface area (Å²) < 4.78 is 9.07. The predicted octanol–water partition coefficient (Wildman–Crippen LogP) is 1.55. The van der Waals surface area contributed by atoms with Crippen molar-refractivity contribution in [2.75, 3.05) is 14.2 Å². The van der Waals surface area contributed by atoms with Gasteiger partial charge in [0.15, 0.2) is 0 Å². The molecule has 0 amide bonds. The molecule has 0 aliphatic carbocycles. The summed E-state index contributed by atoms with van der Waals surface area (Å²) in [5.41, 5.74) is 0.538. The molecular weight excluding hydrogens is 216 g/mol. The highest BCUT2D eigenvalue weighted by Gasteiger charge is 2.12. The molecule has 0 radical (unpaired) electrons. The average molecular weight is 226 g/mol. The molecule has 0 aliphatic rings. The summed E-state index contributed by atoms with van der Waals surface area (Å²) in [5.74, 6) is -1.04. The molecular formula is C10H10O4S. The number of thiol groups is 1. The Balaban J connectivity index is 3.16. The van der Waals surface area contributed by atoms with Gasteiger partial charge in [-0.15, -0.1) is 12.6 Å². The van der Waals surface area contributed by atoms with E-state index < -0.39 is 11.9 Å². The number of carbonyl (C=O) groups excluding carboxylic acids is 2. The first-order valence-electron chi connectivity index (χ1n) is 4.09. The molecule has 0 spiro atoms. The monoisotopic (exact) mass is 226 g/mol. The van der Waals surface area contributed by atoms with Gasteiger partial charge >= 0.3 is 11.9 Å². The zero-order valence-corrected chi connectivity index (χ0v) is 9.21. The van der Waals surface area contributed by atoms with E-state index in [-0.39, 0.29) is 11.1 Å². The van der Waals surface area contributed by atoms with Crippen LogP contribution in [0, 0.1) is 0 Å². The van der Waals surface area contributed by atoms with Gasteiger partial charge in [-0.1, -0.05) is 0 Å². The van der Waals surface area contributed by atoms with Crippen molar-refractivity contribution < 1.29 is 19.1 Å². The normalized spacial score (nSPS) is 9.53. The van der Waals surface area contributed by atoms with Gasteiger partial charge in [-0.3, -0.25) is 0 Å². The molecule has 1 aromatic rings. The van der Waals surface area contributed by atoms with E-state index in [0.717, 1.165) is 0 Å². The van der Waals surface area contributed by atoms with E-state index in [2.05, 4.69) is 22.1 Å². The van der Waals surface area contributed by atoms with E-state index in [0.29, 0.717) is 4.90 Å². The Bertz CT molecular complexity index is 366. The Morgan fingerprint density at radius 3 is 1.73 bits per heavy atom. The number of hydrogen-bond donors (Lipinski definition) is 1. The largest absolute Gasteiger partial charge is 0.465 e. The maximum absolute atomic E-state index is 11.2. The first-order chi connectivity index (χ1) is 7.08. The summed E-state index contributed by atoms with van der Waals surface area (Å²) in [6.07, 6.45) is 0. The van der Waals surface area contributed by atoms with Gasteiger partial charge in [0.1, 0.15) is 0 Å². The third kappa shape index (κ3) is 2.73. The molecule has 5 heteroatoms. The molecule has 0 fully saturated rings. The van der Waals surface area contributed by atoms with E-state index in [1.54, 1.807) is 0 Å². The first kappa shape index (κ1) is 11.6. The van der Waals surface area contributed by atoms with Gasteiger partial charge in [-0.2, -0.15) is 0 Å². The lowest BCUT2D eigenvalue weighted by atomic mass is 10.1. The van der Waals surface area contributed by atoms with Crippen LogP contribution in [-0.2, 0) is 9.47 Å². The third-order valence-electron chi connectivity index (χ3n) is 1.76. The van der Waals surface area contributed by atoms with E-state index in [9.17, 15) is 9.59 Å². The fourth-order valence-electron chi connectivity index (χ4n) is 1.08. The summed E-state index contributed by atoms with van der Waals surface area (Å²) in [4.78, 5) is 22.9. The van der Waals surface area contributed by atoms with Crippen LogP contribution in [0.4, 0.5) is 0 Å². The molecule has 80 valence electrons. The highest BCUT2D eigenvalue weighted by atomic mass is 32.1. The van der Waals surface area contributed by atoms with Crippen molar-refractivity contribution in [2.24, 2.45) is 0 Å². The quantitative estimate of drug-likeness (QED) is 0.614. The molecule has 1 rings (SSSR count). The van der Waals surface area contributed by atoms with Gasteiger partial charge in [-0.05, 0) is 18.2 Å². The number of rotatable bonds is 2. The van der Waals surface area contributed by atoms with Crippen molar-refractivity contribution in [2.45, 2.75) is 4.90 Å². The van der Waals surface area contributed by atoms with E-state index in [4.69, 9.17) is 0 Å². The van der Waals surface area contributed by atoms with Crippen LogP contribution in [0.2, 0.25) is 0 Å². The molecule has 4 nitrogen and oxygen atoms in total. The number of methoxy groups -OCH3 is 2. The fourth-order valence-corrected chi connectivity index (χ4v) is 1.36. The van der Waals surface area contributed by atoms with Crippen molar-refractivity contribution >= 4 is 24.6 Å². The van der Waals surface area contributed by atoms with E-state index in [1.807, 2.05) is 0 Å². The topological polar surface area (TPSA) is 52.6 Å². The van der Waals surface area contributed by atoms with Crippen molar-refractivity contribution in [1.29, 1.82) is 0 Å². The smallest absolute Gasteiger partial charge is 0.337 e. The van der Waals surface area contributed by atoms with E-state index in [1.165, 1.54) is 32.4 Å². The van der Waals surface area contributed by atoms with Crippen LogP contribution in [0.25, 0.3) is 0 Å². The summed E-state index contributed by atoms with van der Waals surface area (Å²) >= 11 is 4.08. The number of ether oxygens (including phenoxy) is 2. The first-order valence-corrected chi connectivity index (χ1v) is 4.54. The van der Waals surface area contributed by atoms with Crippen LogP contribution in [0.3, 0.4) is 0 Å². The predicted molar refractivity (Wildman–Crippen MR) is 56.4 cm³/mol. The van der Waals surface area contributed by atoms with Crippen LogP contribution in [0.1, 0.15) is 20.7 Å². The standard InChI is InChI=1S/C10H10O4S/c1-13-9(11)6-3-7(10(12)14-2)5-8(15)4-6/h3-5,15H,1-2H3. The third-order valence-corrected chi connectivity index (χ3v) is 2.02. The molecule has 0 N–H and O–H groups in total. The second kappa shape index (κ2) is 4.84. The minimum atomic E-state index is -0.518. The summed E-state index contributed by atoms with van der Waals surface area (Å²) in [6, 6.07) is 4.43. The minimum absolute atomic E-state index is 0.269. The van der Waals surface area contributed by atoms with Crippen molar-refractivity contribution in [3.63, 3.8) is 0 Å². The lowest BCUT2D eigenvalue weighted by molar-refractivity contribution is 0.0598. The maximum Gasteiger partial charge on any atom is 0.337 e. The maximum atomic E-state index is 11.2. The Labute approximate surface area is 92.6 Å². The summed E-state index contributed by atoms with van der Waals surface area (Å²) in [5, 5.41) is 0. The zero-order valence-electron chi connectivity index (χ0n) is 8.31. The van der Waals surface area contributed by atoms with Crippen LogP contribution in [0.5, 0.6) is 0 Å². The van der Waals surface area contributed by atoms with Gasteiger partial charge in [0.25, 0.3) is 0 Å². The van der Waals surface area contributed by atoms with Crippen molar-refractivity contribution in [1.82, 2.24) is 0 Å². The lowest BCUT2D eigenvalue weighted by Crippen LogP contribution is -2.06. The lowest BCUT2D eigenvalue weighted by Gasteiger charge is -2.04. The molecule has 0 bridgehead atoms. The molecule has 1 aromatic carbocycles. The Morgan fingerprint density at radius 1 is 1.00 bits per heavy atom. The Morgan fingerprint density at radius 2 is 1.40 bits per heavy atom. The molecule has 0 saturated heterocycles. The minimum Gasteiger partial charge on any atom is -0.465 e. The second-order valence-electron chi connectivity index (χ2n) is 2.75. The number of carbonyl (C=O) groups is 2. The average Bonchev–Trinajstić information content (AvgIpc) is 2.26. The van der Waals surface area contributed by atoms with Crippen LogP contribution in [0.15, 0.2) is 23.1 Å². The fraction of sp³-hybridized carbons (Fsp3) is 0.200. The highest BCUT2D eigenvalue weighted by Crippen LogP contribution is 2.15. The molecule has 15 heavy (non-hydrogen) atoms. The van der Waals surface area contributed by atoms with Crippen molar-refractivity contribution in [3.8, 4) is 0 Å². The van der Waals surface area contributed by atoms with Gasteiger partial charge in [-0.25, -0.2) is 9.59 Å². The van der Waals surface area contributed by atoms with Gasteiger partial charge in [0, 0.05) is 4.90 Å². The van der Waals surface area contributed by atoms with Gasteiger partial charge in [0.2, 0.25) is 0 Å². The van der Waals surface area contributed by atoms with Crippen LogP contribution < -0.4 is 0 Å². The van der Waals surface area contributed by atoms with Crippen LogP contribution in [-0.4, -0.2) is 26.2 Å². The Kier molecular flexibility index (Phi) is 3.74. The second-order valence-corrected chi connectivity index (χ2v) is 3.27. The van der Waals surface area contributed by atoms with Crippen molar-refractivity contribution in [3.05, 3.63) is 29.3 Å². The molecule has 0 aromatic heterocycles. The van der Waals surface area contributed by atoms with Gasteiger partial charge < -0.3 is 9.47 Å². The number of esters is 2. The van der Waals surface area contributed by atoms with E-state index >= 15 is 0 Å². The summed E-state index contributed by atoms with van der Waals surface area (Å²) in [7, 11) is 2.54. The molecule has 0 atom stereocenters. The zero-order chi connectivity index (χ0) is 11.4. The molecule has 0 aliphatic heterocycles. The molecule has 0 unspecified atom stereocenters. The van der Waals surface area contributed by atoms with Gasteiger partial charge in [0.05, 0.1) is 25.3 Å². The molecule has 0 saturated carbocycles.